The molecule has 5 nitrogen and oxygen atoms in total. The molecule has 0 fully saturated rings. The minimum atomic E-state index is -0.393. The number of amides is 1. The summed E-state index contributed by atoms with van der Waals surface area (Å²) in [5.41, 5.74) is 3.30. The highest BCUT2D eigenvalue weighted by molar-refractivity contribution is 6.00. The number of H-pyrrole nitrogens is 1. The Labute approximate surface area is 155 Å². The Kier molecular flexibility index (Phi) is 6.61. The van der Waals surface area contributed by atoms with Crippen LogP contribution in [0.1, 0.15) is 64.9 Å². The van der Waals surface area contributed by atoms with Crippen LogP contribution in [-0.4, -0.2) is 34.4 Å². The van der Waals surface area contributed by atoms with E-state index in [-0.39, 0.29) is 12.0 Å². The van der Waals surface area contributed by atoms with Crippen LogP contribution in [0.15, 0.2) is 30.3 Å². The van der Waals surface area contributed by atoms with Crippen LogP contribution in [0.25, 0.3) is 0 Å². The number of aromatic amines is 1. The van der Waals surface area contributed by atoms with Crippen molar-refractivity contribution in [3.8, 4) is 0 Å². The van der Waals surface area contributed by atoms with Crippen molar-refractivity contribution in [2.45, 2.75) is 53.7 Å². The third kappa shape index (κ3) is 4.54. The highest BCUT2D eigenvalue weighted by Crippen LogP contribution is 2.22. The Morgan fingerprint density at radius 3 is 2.38 bits per heavy atom. The van der Waals surface area contributed by atoms with E-state index in [4.69, 9.17) is 4.74 Å². The summed E-state index contributed by atoms with van der Waals surface area (Å²) in [4.78, 5) is 30.4. The van der Waals surface area contributed by atoms with Crippen LogP contribution in [0.2, 0.25) is 0 Å². The summed E-state index contributed by atoms with van der Waals surface area (Å²) < 4.78 is 5.31. The fourth-order valence-corrected chi connectivity index (χ4v) is 3.03. The molecule has 1 aromatic carbocycles. The smallest absolute Gasteiger partial charge is 0.340 e. The van der Waals surface area contributed by atoms with E-state index in [1.54, 1.807) is 13.8 Å². The van der Waals surface area contributed by atoms with E-state index in [0.717, 1.165) is 12.0 Å². The van der Waals surface area contributed by atoms with Gasteiger partial charge >= 0.3 is 5.97 Å². The van der Waals surface area contributed by atoms with Crippen molar-refractivity contribution in [3.63, 3.8) is 0 Å². The zero-order valence-corrected chi connectivity index (χ0v) is 16.3. The molecular formula is C21H28N2O3. The Bertz CT molecular complexity index is 763. The first-order valence-electron chi connectivity index (χ1n) is 9.08. The number of benzene rings is 1. The monoisotopic (exact) mass is 356 g/mol. The van der Waals surface area contributed by atoms with Gasteiger partial charge in [0.2, 0.25) is 0 Å². The number of ether oxygens (including phenoxy) is 1. The largest absolute Gasteiger partial charge is 0.459 e. The highest BCUT2D eigenvalue weighted by Gasteiger charge is 2.26. The molecule has 2 rings (SSSR count). The number of hydrogen-bond donors (Lipinski definition) is 1. The van der Waals surface area contributed by atoms with Gasteiger partial charge in [0.05, 0.1) is 11.7 Å². The van der Waals surface area contributed by atoms with E-state index < -0.39 is 5.97 Å². The van der Waals surface area contributed by atoms with Gasteiger partial charge in [0.15, 0.2) is 0 Å². The van der Waals surface area contributed by atoms with E-state index in [9.17, 15) is 9.59 Å². The molecule has 0 aliphatic rings. The van der Waals surface area contributed by atoms with Gasteiger partial charge in [-0.25, -0.2) is 4.79 Å². The molecule has 0 saturated heterocycles. The van der Waals surface area contributed by atoms with Crippen molar-refractivity contribution in [2.24, 2.45) is 0 Å². The lowest BCUT2D eigenvalue weighted by Gasteiger charge is -2.22. The summed E-state index contributed by atoms with van der Waals surface area (Å²) in [6.07, 6.45) is 0.657. The first-order chi connectivity index (χ1) is 12.3. The van der Waals surface area contributed by atoms with E-state index in [2.05, 4.69) is 4.98 Å². The number of nitrogens with one attached hydrogen (secondary N) is 1. The number of esters is 1. The normalized spacial score (nSPS) is 10.8. The Morgan fingerprint density at radius 1 is 1.15 bits per heavy atom. The average Bonchev–Trinajstić information content (AvgIpc) is 2.88. The number of carbonyl (C=O) groups excluding carboxylic acids is 2. The molecule has 0 spiro atoms. The summed E-state index contributed by atoms with van der Waals surface area (Å²) >= 11 is 0. The molecule has 1 amide bonds. The third-order valence-electron chi connectivity index (χ3n) is 4.20. The van der Waals surface area contributed by atoms with Crippen molar-refractivity contribution in [3.05, 3.63) is 58.4 Å². The lowest BCUT2D eigenvalue weighted by Crippen LogP contribution is -2.32. The van der Waals surface area contributed by atoms with E-state index in [0.29, 0.717) is 35.6 Å². The number of carbonyl (C=O) groups is 2. The van der Waals surface area contributed by atoms with Crippen LogP contribution in [0.4, 0.5) is 0 Å². The van der Waals surface area contributed by atoms with Gasteiger partial charge in [-0.2, -0.15) is 0 Å². The number of aromatic nitrogens is 1. The van der Waals surface area contributed by atoms with Gasteiger partial charge in [0.1, 0.15) is 5.69 Å². The van der Waals surface area contributed by atoms with Crippen molar-refractivity contribution >= 4 is 11.9 Å². The SMILES string of the molecule is CCCN(Cc1ccccc1)C(=O)c1[nH]c(C)c(C(=O)OC(C)C)c1C. The minimum Gasteiger partial charge on any atom is -0.459 e. The molecular weight excluding hydrogens is 328 g/mol. The fourth-order valence-electron chi connectivity index (χ4n) is 3.03. The molecule has 0 radical (unpaired) electrons. The molecule has 5 heteroatoms. The molecule has 0 aliphatic carbocycles. The van der Waals surface area contributed by atoms with E-state index in [1.165, 1.54) is 0 Å². The molecule has 0 unspecified atom stereocenters. The second kappa shape index (κ2) is 8.70. The van der Waals surface area contributed by atoms with Gasteiger partial charge < -0.3 is 14.6 Å². The fraction of sp³-hybridized carbons (Fsp3) is 0.429. The molecule has 1 N–H and O–H groups in total. The first kappa shape index (κ1) is 19.8. The van der Waals surface area contributed by atoms with Crippen LogP contribution in [0.5, 0.6) is 0 Å². The van der Waals surface area contributed by atoms with Crippen LogP contribution < -0.4 is 0 Å². The summed E-state index contributed by atoms with van der Waals surface area (Å²) in [6, 6.07) is 9.91. The summed E-state index contributed by atoms with van der Waals surface area (Å²) in [7, 11) is 0. The van der Waals surface area contributed by atoms with Gasteiger partial charge in [-0.1, -0.05) is 37.3 Å². The standard InChI is InChI=1S/C21H28N2O3/c1-6-12-23(13-17-10-8-7-9-11-17)20(24)19-15(4)18(16(5)22-19)21(25)26-14(2)3/h7-11,14,22H,6,12-13H2,1-5H3. The molecule has 0 saturated carbocycles. The lowest BCUT2D eigenvalue weighted by atomic mass is 10.1. The average molecular weight is 356 g/mol. The number of nitrogens with zero attached hydrogens (tertiary/aromatic N) is 1. The number of rotatable bonds is 7. The van der Waals surface area contributed by atoms with Crippen molar-refractivity contribution < 1.29 is 14.3 Å². The predicted molar refractivity (Wildman–Crippen MR) is 102 cm³/mol. The molecule has 1 aromatic heterocycles. The van der Waals surface area contributed by atoms with E-state index >= 15 is 0 Å². The third-order valence-corrected chi connectivity index (χ3v) is 4.20. The highest BCUT2D eigenvalue weighted by atomic mass is 16.5. The first-order valence-corrected chi connectivity index (χ1v) is 9.08. The van der Waals surface area contributed by atoms with Crippen molar-refractivity contribution in [1.29, 1.82) is 0 Å². The quantitative estimate of drug-likeness (QED) is 0.755. The Balaban J connectivity index is 2.30. The van der Waals surface area contributed by atoms with Crippen molar-refractivity contribution in [2.75, 3.05) is 6.54 Å². The molecule has 26 heavy (non-hydrogen) atoms. The number of aryl methyl sites for hydroxylation is 1. The summed E-state index contributed by atoms with van der Waals surface area (Å²) in [6.45, 7) is 10.4. The maximum Gasteiger partial charge on any atom is 0.340 e. The number of hydrogen-bond acceptors (Lipinski definition) is 3. The molecule has 1 heterocycles. The van der Waals surface area contributed by atoms with E-state index in [1.807, 2.05) is 56.0 Å². The lowest BCUT2D eigenvalue weighted by molar-refractivity contribution is 0.0376. The minimum absolute atomic E-state index is 0.0973. The Morgan fingerprint density at radius 2 is 1.81 bits per heavy atom. The van der Waals surface area contributed by atoms with Gasteiger partial charge in [-0.3, -0.25) is 4.79 Å². The van der Waals surface area contributed by atoms with Gasteiger partial charge in [0, 0.05) is 18.8 Å². The van der Waals surface area contributed by atoms with Gasteiger partial charge in [-0.05, 0) is 45.2 Å². The van der Waals surface area contributed by atoms with Crippen LogP contribution in [0.3, 0.4) is 0 Å². The van der Waals surface area contributed by atoms with Crippen LogP contribution in [0, 0.1) is 13.8 Å². The predicted octanol–water partition coefficient (Wildman–Crippen LogP) is 4.25. The van der Waals surface area contributed by atoms with Gasteiger partial charge in [-0.15, -0.1) is 0 Å². The Hall–Kier alpha value is -2.56. The topological polar surface area (TPSA) is 62.4 Å². The second-order valence-corrected chi connectivity index (χ2v) is 6.79. The molecule has 0 bridgehead atoms. The zero-order valence-electron chi connectivity index (χ0n) is 16.3. The maximum absolute atomic E-state index is 13.1. The second-order valence-electron chi connectivity index (χ2n) is 6.79. The molecule has 0 aliphatic heterocycles. The van der Waals surface area contributed by atoms with Crippen LogP contribution in [-0.2, 0) is 11.3 Å². The molecule has 140 valence electrons. The maximum atomic E-state index is 13.1. The van der Waals surface area contributed by atoms with Crippen LogP contribution >= 0.6 is 0 Å². The molecule has 0 atom stereocenters. The van der Waals surface area contributed by atoms with Crippen molar-refractivity contribution in [1.82, 2.24) is 9.88 Å². The summed E-state index contributed by atoms with van der Waals surface area (Å²) in [5.74, 6) is -0.490. The molecule has 2 aromatic rings. The van der Waals surface area contributed by atoms with Gasteiger partial charge in [0.25, 0.3) is 5.91 Å². The zero-order chi connectivity index (χ0) is 19.3. The summed E-state index contributed by atoms with van der Waals surface area (Å²) in [5, 5.41) is 0.